The molecule has 3 nitrogen and oxygen atoms in total. The van der Waals surface area contributed by atoms with Gasteiger partial charge in [0, 0.05) is 0 Å². The molecule has 2 aromatic rings. The van der Waals surface area contributed by atoms with Crippen LogP contribution in [0.1, 0.15) is 12.5 Å². The highest BCUT2D eigenvalue weighted by molar-refractivity contribution is 5.66. The first-order valence-corrected chi connectivity index (χ1v) is 6.32. The van der Waals surface area contributed by atoms with Crippen molar-refractivity contribution in [1.29, 1.82) is 0 Å². The van der Waals surface area contributed by atoms with E-state index >= 15 is 0 Å². The molecule has 0 spiro atoms. The van der Waals surface area contributed by atoms with Gasteiger partial charge in [0.25, 0.3) is 0 Å². The Balaban J connectivity index is 2.24. The van der Waals surface area contributed by atoms with Gasteiger partial charge in [-0.2, -0.15) is 0 Å². The minimum atomic E-state index is -0.304. The summed E-state index contributed by atoms with van der Waals surface area (Å²) in [6.07, 6.45) is 0. The van der Waals surface area contributed by atoms with Gasteiger partial charge in [0.1, 0.15) is 11.5 Å². The minimum Gasteiger partial charge on any atom is -0.494 e. The number of ether oxygens (including phenoxy) is 2. The third kappa shape index (κ3) is 3.26. The van der Waals surface area contributed by atoms with Gasteiger partial charge >= 0.3 is 0 Å². The van der Waals surface area contributed by atoms with Crippen LogP contribution in [0.4, 0.5) is 0 Å². The van der Waals surface area contributed by atoms with E-state index in [1.807, 2.05) is 50.2 Å². The Morgan fingerprint density at radius 1 is 0.947 bits per heavy atom. The number of aliphatic hydroxyl groups excluding tert-OH is 1. The number of hydrogen-bond acceptors (Lipinski definition) is 3. The highest BCUT2D eigenvalue weighted by Gasteiger charge is 2.03. The second kappa shape index (κ2) is 6.25. The summed E-state index contributed by atoms with van der Waals surface area (Å²) in [5.74, 6) is 1.58. The summed E-state index contributed by atoms with van der Waals surface area (Å²) in [6.45, 7) is 4.39. The minimum absolute atomic E-state index is 0.304. The lowest BCUT2D eigenvalue weighted by Crippen LogP contribution is -1.95. The zero-order valence-electron chi connectivity index (χ0n) is 11.2. The van der Waals surface area contributed by atoms with Crippen molar-refractivity contribution in [3.8, 4) is 22.6 Å². The van der Waals surface area contributed by atoms with Gasteiger partial charge in [0.05, 0.1) is 6.61 Å². The van der Waals surface area contributed by atoms with Crippen LogP contribution in [0.2, 0.25) is 0 Å². The highest BCUT2D eigenvalue weighted by Crippen LogP contribution is 2.27. The summed E-state index contributed by atoms with van der Waals surface area (Å²) in [7, 11) is 0. The maximum absolute atomic E-state index is 8.69. The summed E-state index contributed by atoms with van der Waals surface area (Å²) in [5.41, 5.74) is 3.36. The molecule has 0 saturated heterocycles. The highest BCUT2D eigenvalue weighted by atomic mass is 16.6. The molecule has 0 amide bonds. The van der Waals surface area contributed by atoms with Crippen LogP contribution >= 0.6 is 0 Å². The quantitative estimate of drug-likeness (QED) is 0.835. The molecule has 0 aromatic heterocycles. The molecule has 0 saturated carbocycles. The van der Waals surface area contributed by atoms with Crippen LogP contribution in [0.5, 0.6) is 11.5 Å². The lowest BCUT2D eigenvalue weighted by Gasteiger charge is -2.10. The van der Waals surface area contributed by atoms with Crippen LogP contribution in [0, 0.1) is 6.92 Å². The molecule has 0 heterocycles. The molecule has 19 heavy (non-hydrogen) atoms. The van der Waals surface area contributed by atoms with Crippen LogP contribution in [0.3, 0.4) is 0 Å². The molecule has 0 aliphatic heterocycles. The Labute approximate surface area is 113 Å². The van der Waals surface area contributed by atoms with E-state index in [9.17, 15) is 0 Å². The molecule has 2 aromatic carbocycles. The van der Waals surface area contributed by atoms with E-state index in [1.165, 1.54) is 0 Å². The fourth-order valence-corrected chi connectivity index (χ4v) is 1.96. The van der Waals surface area contributed by atoms with Gasteiger partial charge < -0.3 is 14.6 Å². The molecule has 0 fully saturated rings. The van der Waals surface area contributed by atoms with Gasteiger partial charge in [0.2, 0.25) is 0 Å². The van der Waals surface area contributed by atoms with Gasteiger partial charge in [-0.25, -0.2) is 0 Å². The monoisotopic (exact) mass is 258 g/mol. The summed E-state index contributed by atoms with van der Waals surface area (Å²) >= 11 is 0. The maximum atomic E-state index is 8.69. The molecule has 0 aliphatic rings. The van der Waals surface area contributed by atoms with E-state index in [0.29, 0.717) is 12.4 Å². The van der Waals surface area contributed by atoms with Gasteiger partial charge in [-0.15, -0.1) is 0 Å². The van der Waals surface area contributed by atoms with Crippen LogP contribution in [0.15, 0.2) is 42.5 Å². The van der Waals surface area contributed by atoms with Crippen LogP contribution in [-0.4, -0.2) is 18.5 Å². The molecule has 0 aliphatic carbocycles. The summed E-state index contributed by atoms with van der Waals surface area (Å²) in [5, 5.41) is 8.69. The molecular formula is C16H18O3. The van der Waals surface area contributed by atoms with Crippen molar-refractivity contribution in [2.75, 3.05) is 13.4 Å². The van der Waals surface area contributed by atoms with Crippen LogP contribution in [0.25, 0.3) is 11.1 Å². The standard InChI is InChI=1S/C16H18O3/c1-3-18-16-9-6-14(10-12(16)2)13-4-7-15(8-5-13)19-11-17/h4-10,17H,3,11H2,1-2H3. The molecule has 3 heteroatoms. The molecule has 2 rings (SSSR count). The third-order valence-corrected chi connectivity index (χ3v) is 2.89. The Kier molecular flexibility index (Phi) is 4.42. The number of rotatable bonds is 5. The fourth-order valence-electron chi connectivity index (χ4n) is 1.96. The molecular weight excluding hydrogens is 240 g/mol. The van der Waals surface area contributed by atoms with Crippen molar-refractivity contribution < 1.29 is 14.6 Å². The van der Waals surface area contributed by atoms with E-state index < -0.39 is 0 Å². The van der Waals surface area contributed by atoms with E-state index in [1.54, 1.807) is 0 Å². The summed E-state index contributed by atoms with van der Waals surface area (Å²) < 4.78 is 10.5. The van der Waals surface area contributed by atoms with Gasteiger partial charge in [-0.05, 0) is 54.8 Å². The average Bonchev–Trinajstić information content (AvgIpc) is 2.43. The number of hydrogen-bond donors (Lipinski definition) is 1. The molecule has 1 N–H and O–H groups in total. The number of benzene rings is 2. The zero-order chi connectivity index (χ0) is 13.7. The van der Waals surface area contributed by atoms with Gasteiger partial charge in [-0.3, -0.25) is 0 Å². The van der Waals surface area contributed by atoms with Crippen molar-refractivity contribution >= 4 is 0 Å². The molecule has 0 atom stereocenters. The fraction of sp³-hybridized carbons (Fsp3) is 0.250. The van der Waals surface area contributed by atoms with Crippen molar-refractivity contribution in [2.24, 2.45) is 0 Å². The predicted octanol–water partition coefficient (Wildman–Crippen LogP) is 3.39. The van der Waals surface area contributed by atoms with E-state index in [4.69, 9.17) is 14.6 Å². The molecule has 100 valence electrons. The van der Waals surface area contributed by atoms with E-state index in [-0.39, 0.29) is 6.79 Å². The third-order valence-electron chi connectivity index (χ3n) is 2.89. The molecule has 0 radical (unpaired) electrons. The first-order chi connectivity index (χ1) is 9.24. The van der Waals surface area contributed by atoms with Crippen LogP contribution in [-0.2, 0) is 0 Å². The normalized spacial score (nSPS) is 10.3. The Bertz CT molecular complexity index is 532. The van der Waals surface area contributed by atoms with Crippen molar-refractivity contribution in [2.45, 2.75) is 13.8 Å². The van der Waals surface area contributed by atoms with Crippen molar-refractivity contribution in [1.82, 2.24) is 0 Å². The Morgan fingerprint density at radius 2 is 1.63 bits per heavy atom. The van der Waals surface area contributed by atoms with Gasteiger partial charge in [0.15, 0.2) is 6.79 Å². The molecule has 0 bridgehead atoms. The SMILES string of the molecule is CCOc1ccc(-c2ccc(OCO)cc2)cc1C. The second-order valence-corrected chi connectivity index (χ2v) is 4.21. The molecule has 0 unspecified atom stereocenters. The topological polar surface area (TPSA) is 38.7 Å². The predicted molar refractivity (Wildman–Crippen MR) is 75.5 cm³/mol. The summed E-state index contributed by atoms with van der Waals surface area (Å²) in [6, 6.07) is 13.8. The summed E-state index contributed by atoms with van der Waals surface area (Å²) in [4.78, 5) is 0. The Morgan fingerprint density at radius 3 is 2.21 bits per heavy atom. The zero-order valence-corrected chi connectivity index (χ0v) is 11.2. The first kappa shape index (κ1) is 13.4. The smallest absolute Gasteiger partial charge is 0.186 e. The van der Waals surface area contributed by atoms with Crippen molar-refractivity contribution in [3.63, 3.8) is 0 Å². The number of aliphatic hydroxyl groups is 1. The maximum Gasteiger partial charge on any atom is 0.186 e. The first-order valence-electron chi connectivity index (χ1n) is 6.32. The van der Waals surface area contributed by atoms with E-state index in [0.717, 1.165) is 22.4 Å². The van der Waals surface area contributed by atoms with E-state index in [2.05, 4.69) is 6.07 Å². The number of aryl methyl sites for hydroxylation is 1. The van der Waals surface area contributed by atoms with Gasteiger partial charge in [-0.1, -0.05) is 18.2 Å². The lowest BCUT2D eigenvalue weighted by molar-refractivity contribution is 0.0985. The van der Waals surface area contributed by atoms with Crippen LogP contribution < -0.4 is 9.47 Å². The lowest BCUT2D eigenvalue weighted by atomic mass is 10.0. The van der Waals surface area contributed by atoms with Crippen molar-refractivity contribution in [3.05, 3.63) is 48.0 Å². The Hall–Kier alpha value is -2.00. The largest absolute Gasteiger partial charge is 0.494 e. The second-order valence-electron chi connectivity index (χ2n) is 4.21. The average molecular weight is 258 g/mol.